The molecule has 0 fully saturated rings. The van der Waals surface area contributed by atoms with Crippen molar-refractivity contribution in [3.63, 3.8) is 0 Å². The third kappa shape index (κ3) is 1.97. The number of pyridine rings is 1. The monoisotopic (exact) mass is 343 g/mol. The van der Waals surface area contributed by atoms with Gasteiger partial charge in [0.05, 0.1) is 12.6 Å². The molecule has 1 aromatic carbocycles. The van der Waals surface area contributed by atoms with Crippen LogP contribution in [0.15, 0.2) is 33.2 Å². The van der Waals surface area contributed by atoms with Crippen molar-refractivity contribution >= 4 is 48.7 Å². The number of aromatic nitrogens is 1. The number of hydrogen-bond acceptors (Lipinski definition) is 3. The number of benzene rings is 1. The van der Waals surface area contributed by atoms with Crippen LogP contribution in [0, 0.1) is 0 Å². The van der Waals surface area contributed by atoms with Crippen molar-refractivity contribution in [3.05, 3.63) is 38.9 Å². The Bertz CT molecular complexity index is 569. The molecule has 16 heavy (non-hydrogen) atoms. The fourth-order valence-electron chi connectivity index (χ4n) is 1.37. The Kier molecular flexibility index (Phi) is 3.25. The van der Waals surface area contributed by atoms with E-state index in [1.54, 1.807) is 6.07 Å². The van der Waals surface area contributed by atoms with Gasteiger partial charge in [-0.25, -0.2) is 9.78 Å². The van der Waals surface area contributed by atoms with E-state index < -0.39 is 5.97 Å². The Morgan fingerprint density at radius 3 is 2.56 bits per heavy atom. The highest BCUT2D eigenvalue weighted by Crippen LogP contribution is 2.29. The number of esters is 1. The Hall–Kier alpha value is -0.940. The number of nitrogens with zero attached hydrogens (tertiary/aromatic N) is 1. The molecule has 3 nitrogen and oxygen atoms in total. The molecule has 0 bridgehead atoms. The maximum Gasteiger partial charge on any atom is 0.356 e. The van der Waals surface area contributed by atoms with Crippen LogP contribution in [0.3, 0.4) is 0 Å². The Balaban J connectivity index is 2.70. The van der Waals surface area contributed by atoms with Gasteiger partial charge in [0.25, 0.3) is 0 Å². The minimum atomic E-state index is -0.436. The second-order valence-electron chi connectivity index (χ2n) is 3.11. The van der Waals surface area contributed by atoms with Crippen LogP contribution in [0.2, 0.25) is 0 Å². The predicted molar refractivity (Wildman–Crippen MR) is 68.5 cm³/mol. The number of methoxy groups -OCH3 is 1. The second kappa shape index (κ2) is 4.51. The van der Waals surface area contributed by atoms with Gasteiger partial charge in [-0.2, -0.15) is 0 Å². The molecule has 5 heteroatoms. The zero-order valence-electron chi connectivity index (χ0n) is 8.33. The summed E-state index contributed by atoms with van der Waals surface area (Å²) in [6.07, 6.45) is 0. The summed E-state index contributed by atoms with van der Waals surface area (Å²) in [6, 6.07) is 7.28. The molecule has 2 rings (SSSR count). The van der Waals surface area contributed by atoms with E-state index in [1.165, 1.54) is 7.11 Å². The van der Waals surface area contributed by atoms with E-state index in [0.717, 1.165) is 19.8 Å². The maximum atomic E-state index is 11.3. The molecular formula is C11H7Br2NO2. The van der Waals surface area contributed by atoms with Gasteiger partial charge in [-0.3, -0.25) is 0 Å². The average Bonchev–Trinajstić information content (AvgIpc) is 2.32. The number of carbonyl (C=O) groups is 1. The minimum Gasteiger partial charge on any atom is -0.464 e. The van der Waals surface area contributed by atoms with Gasteiger partial charge in [0.1, 0.15) is 5.69 Å². The Labute approximate surface area is 109 Å². The standard InChI is InChI=1S/C11H7Br2NO2/c1-16-11(15)9-5-2-6-7(12)3-4-8(13)10(6)14-9/h2-5H,1H3. The van der Waals surface area contributed by atoms with Crippen LogP contribution in [-0.4, -0.2) is 18.1 Å². The van der Waals surface area contributed by atoms with Gasteiger partial charge in [-0.1, -0.05) is 15.9 Å². The van der Waals surface area contributed by atoms with E-state index >= 15 is 0 Å². The van der Waals surface area contributed by atoms with Gasteiger partial charge >= 0.3 is 5.97 Å². The third-order valence-electron chi connectivity index (χ3n) is 2.15. The molecule has 0 amide bonds. The summed E-state index contributed by atoms with van der Waals surface area (Å²) in [4.78, 5) is 15.6. The molecular weight excluding hydrogens is 338 g/mol. The zero-order chi connectivity index (χ0) is 11.7. The lowest BCUT2D eigenvalue weighted by Crippen LogP contribution is -2.04. The van der Waals surface area contributed by atoms with E-state index in [2.05, 4.69) is 41.6 Å². The summed E-state index contributed by atoms with van der Waals surface area (Å²) in [5, 5.41) is 0.946. The molecule has 1 aromatic heterocycles. The first kappa shape index (κ1) is 11.5. The smallest absolute Gasteiger partial charge is 0.356 e. The normalized spacial score (nSPS) is 10.4. The summed E-state index contributed by atoms with van der Waals surface area (Å²) in [5.41, 5.74) is 1.03. The van der Waals surface area contributed by atoms with Crippen LogP contribution in [0.5, 0.6) is 0 Å². The largest absolute Gasteiger partial charge is 0.464 e. The van der Waals surface area contributed by atoms with Crippen molar-refractivity contribution < 1.29 is 9.53 Å². The Morgan fingerprint density at radius 2 is 1.88 bits per heavy atom. The van der Waals surface area contributed by atoms with Crippen LogP contribution >= 0.6 is 31.9 Å². The summed E-state index contributed by atoms with van der Waals surface area (Å²) >= 11 is 6.83. The van der Waals surface area contributed by atoms with Crippen LogP contribution in [0.1, 0.15) is 10.5 Å². The molecule has 0 radical (unpaired) electrons. The number of fused-ring (bicyclic) bond motifs is 1. The summed E-state index contributed by atoms with van der Waals surface area (Å²) in [6.45, 7) is 0. The fraction of sp³-hybridized carbons (Fsp3) is 0.0909. The topological polar surface area (TPSA) is 39.2 Å². The van der Waals surface area contributed by atoms with Crippen LogP contribution in [0.4, 0.5) is 0 Å². The molecule has 0 aliphatic rings. The van der Waals surface area contributed by atoms with E-state index in [9.17, 15) is 4.79 Å². The quantitative estimate of drug-likeness (QED) is 0.743. The van der Waals surface area contributed by atoms with Gasteiger partial charge in [0.2, 0.25) is 0 Å². The first-order chi connectivity index (χ1) is 7.63. The van der Waals surface area contributed by atoms with E-state index in [1.807, 2.05) is 18.2 Å². The van der Waals surface area contributed by atoms with Gasteiger partial charge in [0.15, 0.2) is 0 Å². The van der Waals surface area contributed by atoms with Gasteiger partial charge in [-0.05, 0) is 40.2 Å². The van der Waals surface area contributed by atoms with E-state index in [-0.39, 0.29) is 0 Å². The van der Waals surface area contributed by atoms with Crippen molar-refractivity contribution in [2.24, 2.45) is 0 Å². The van der Waals surface area contributed by atoms with Crippen molar-refractivity contribution in [2.45, 2.75) is 0 Å². The highest BCUT2D eigenvalue weighted by Gasteiger charge is 2.10. The SMILES string of the molecule is COC(=O)c1ccc2c(Br)ccc(Br)c2n1. The van der Waals surface area contributed by atoms with Crippen molar-refractivity contribution in [1.29, 1.82) is 0 Å². The summed E-state index contributed by atoms with van der Waals surface area (Å²) in [7, 11) is 1.34. The van der Waals surface area contributed by atoms with Crippen molar-refractivity contribution in [2.75, 3.05) is 7.11 Å². The molecule has 0 saturated heterocycles. The highest BCUT2D eigenvalue weighted by atomic mass is 79.9. The molecule has 0 unspecified atom stereocenters. The van der Waals surface area contributed by atoms with Gasteiger partial charge < -0.3 is 4.74 Å². The van der Waals surface area contributed by atoms with Gasteiger partial charge in [-0.15, -0.1) is 0 Å². The lowest BCUT2D eigenvalue weighted by atomic mass is 10.2. The lowest BCUT2D eigenvalue weighted by Gasteiger charge is -2.04. The van der Waals surface area contributed by atoms with Crippen LogP contribution in [-0.2, 0) is 4.74 Å². The van der Waals surface area contributed by atoms with Crippen molar-refractivity contribution in [3.8, 4) is 0 Å². The first-order valence-electron chi connectivity index (χ1n) is 4.46. The number of ether oxygens (including phenoxy) is 1. The molecule has 0 aliphatic carbocycles. The Morgan fingerprint density at radius 1 is 1.19 bits per heavy atom. The third-order valence-corrected chi connectivity index (χ3v) is 3.48. The second-order valence-corrected chi connectivity index (χ2v) is 4.82. The van der Waals surface area contributed by atoms with E-state index in [4.69, 9.17) is 0 Å². The fourth-order valence-corrected chi connectivity index (χ4v) is 2.25. The summed E-state index contributed by atoms with van der Waals surface area (Å²) < 4.78 is 6.41. The molecule has 2 aromatic rings. The molecule has 0 spiro atoms. The van der Waals surface area contributed by atoms with Crippen LogP contribution < -0.4 is 0 Å². The molecule has 0 aliphatic heterocycles. The molecule has 0 N–H and O–H groups in total. The maximum absolute atomic E-state index is 11.3. The predicted octanol–water partition coefficient (Wildman–Crippen LogP) is 3.55. The van der Waals surface area contributed by atoms with Crippen LogP contribution in [0.25, 0.3) is 10.9 Å². The lowest BCUT2D eigenvalue weighted by molar-refractivity contribution is 0.0594. The molecule has 82 valence electrons. The number of halogens is 2. The van der Waals surface area contributed by atoms with Gasteiger partial charge in [0, 0.05) is 14.3 Å². The number of rotatable bonds is 1. The number of carbonyl (C=O) groups excluding carboxylic acids is 1. The zero-order valence-corrected chi connectivity index (χ0v) is 11.5. The van der Waals surface area contributed by atoms with E-state index in [0.29, 0.717) is 5.69 Å². The molecule has 0 saturated carbocycles. The highest BCUT2D eigenvalue weighted by molar-refractivity contribution is 9.11. The summed E-state index contributed by atoms with van der Waals surface area (Å²) in [5.74, 6) is -0.436. The molecule has 0 atom stereocenters. The first-order valence-corrected chi connectivity index (χ1v) is 6.05. The number of hydrogen-bond donors (Lipinski definition) is 0. The van der Waals surface area contributed by atoms with Crippen molar-refractivity contribution in [1.82, 2.24) is 4.98 Å². The minimum absolute atomic E-state index is 0.300. The average molecular weight is 345 g/mol. The molecule has 1 heterocycles.